The highest BCUT2D eigenvalue weighted by atomic mass is 16.5. The number of nitrogens with zero attached hydrogens (tertiary/aromatic N) is 1. The van der Waals surface area contributed by atoms with Crippen molar-refractivity contribution in [2.45, 2.75) is 32.4 Å². The SMILES string of the molecule is CC(=O)N1C=Cc2ccccc2[C@H]1CC(=O)O[C@@H](C)C(=O)NNC(=O)c1ccccc1. The quantitative estimate of drug-likeness (QED) is 0.570. The number of carbonyl (C=O) groups excluding carboxylic acids is 4. The van der Waals surface area contributed by atoms with Gasteiger partial charge in [-0.05, 0) is 36.3 Å². The molecule has 1 heterocycles. The molecule has 0 spiro atoms. The van der Waals surface area contributed by atoms with Crippen LogP contribution in [0.15, 0.2) is 60.8 Å². The number of carbonyl (C=O) groups is 4. The van der Waals surface area contributed by atoms with Gasteiger partial charge in [0.1, 0.15) is 0 Å². The minimum atomic E-state index is -1.14. The molecule has 31 heavy (non-hydrogen) atoms. The van der Waals surface area contributed by atoms with Gasteiger partial charge >= 0.3 is 5.97 Å². The van der Waals surface area contributed by atoms with E-state index in [9.17, 15) is 19.2 Å². The van der Waals surface area contributed by atoms with Crippen molar-refractivity contribution in [3.05, 3.63) is 77.5 Å². The second-order valence-corrected chi connectivity index (χ2v) is 7.03. The Hall–Kier alpha value is -3.94. The third-order valence-electron chi connectivity index (χ3n) is 4.84. The van der Waals surface area contributed by atoms with Gasteiger partial charge in [0.15, 0.2) is 6.10 Å². The van der Waals surface area contributed by atoms with Gasteiger partial charge in [-0.25, -0.2) is 0 Å². The van der Waals surface area contributed by atoms with Crippen LogP contribution in [0.5, 0.6) is 0 Å². The molecule has 160 valence electrons. The fourth-order valence-corrected chi connectivity index (χ4v) is 3.25. The molecule has 8 heteroatoms. The number of fused-ring (bicyclic) bond motifs is 1. The standard InChI is InChI=1S/C23H23N3O5/c1-15(22(29)24-25-23(30)18-9-4-3-5-10-18)31-21(28)14-20-19-11-7-6-8-17(19)12-13-26(20)16(2)27/h3-13,15,20H,14H2,1-2H3,(H,24,29)(H,25,30)/t15-,20+/m0/s1. The molecule has 0 saturated heterocycles. The first-order chi connectivity index (χ1) is 14.9. The summed E-state index contributed by atoms with van der Waals surface area (Å²) < 4.78 is 5.23. The van der Waals surface area contributed by atoms with Crippen LogP contribution in [0.2, 0.25) is 0 Å². The predicted molar refractivity (Wildman–Crippen MR) is 113 cm³/mol. The van der Waals surface area contributed by atoms with E-state index in [0.29, 0.717) is 5.56 Å². The molecule has 0 bridgehead atoms. The maximum Gasteiger partial charge on any atom is 0.309 e. The molecule has 2 N–H and O–H groups in total. The van der Waals surface area contributed by atoms with Crippen LogP contribution in [0.1, 0.15) is 47.8 Å². The van der Waals surface area contributed by atoms with Gasteiger partial charge in [0.2, 0.25) is 5.91 Å². The van der Waals surface area contributed by atoms with E-state index in [-0.39, 0.29) is 12.3 Å². The number of benzene rings is 2. The molecule has 0 fully saturated rings. The zero-order valence-corrected chi connectivity index (χ0v) is 17.2. The molecule has 8 nitrogen and oxygen atoms in total. The summed E-state index contributed by atoms with van der Waals surface area (Å²) in [6, 6.07) is 15.3. The summed E-state index contributed by atoms with van der Waals surface area (Å²) in [6.07, 6.45) is 2.19. The highest BCUT2D eigenvalue weighted by Gasteiger charge is 2.30. The monoisotopic (exact) mass is 421 g/mol. The van der Waals surface area contributed by atoms with E-state index in [0.717, 1.165) is 11.1 Å². The molecular weight excluding hydrogens is 398 g/mol. The molecule has 2 atom stereocenters. The molecule has 0 aliphatic carbocycles. The minimum Gasteiger partial charge on any atom is -0.452 e. The molecule has 2 aromatic rings. The third-order valence-corrected chi connectivity index (χ3v) is 4.84. The van der Waals surface area contributed by atoms with Crippen molar-refractivity contribution < 1.29 is 23.9 Å². The Bertz CT molecular complexity index is 1020. The summed E-state index contributed by atoms with van der Waals surface area (Å²) >= 11 is 0. The smallest absolute Gasteiger partial charge is 0.309 e. The Kier molecular flexibility index (Phi) is 6.81. The molecule has 3 amide bonds. The zero-order chi connectivity index (χ0) is 22.4. The van der Waals surface area contributed by atoms with Crippen LogP contribution in [0.3, 0.4) is 0 Å². The lowest BCUT2D eigenvalue weighted by molar-refractivity contribution is -0.156. The highest BCUT2D eigenvalue weighted by Crippen LogP contribution is 2.33. The van der Waals surface area contributed by atoms with E-state index in [4.69, 9.17) is 4.74 Å². The van der Waals surface area contributed by atoms with Crippen LogP contribution in [0.25, 0.3) is 6.08 Å². The number of hydrogen-bond donors (Lipinski definition) is 2. The first kappa shape index (κ1) is 21.8. The van der Waals surface area contributed by atoms with Crippen LogP contribution in [-0.2, 0) is 19.1 Å². The van der Waals surface area contributed by atoms with Gasteiger partial charge < -0.3 is 9.64 Å². The first-order valence-corrected chi connectivity index (χ1v) is 9.77. The summed E-state index contributed by atoms with van der Waals surface area (Å²) in [7, 11) is 0. The van der Waals surface area contributed by atoms with Gasteiger partial charge in [0.05, 0.1) is 12.5 Å². The Balaban J connectivity index is 1.57. The molecule has 1 aliphatic rings. The summed E-state index contributed by atoms with van der Waals surface area (Å²) in [5, 5.41) is 0. The maximum absolute atomic E-state index is 12.5. The van der Waals surface area contributed by atoms with Gasteiger partial charge in [-0.15, -0.1) is 0 Å². The van der Waals surface area contributed by atoms with Crippen molar-refractivity contribution in [2.24, 2.45) is 0 Å². The number of rotatable bonds is 5. The van der Waals surface area contributed by atoms with E-state index in [1.165, 1.54) is 18.7 Å². The van der Waals surface area contributed by atoms with Crippen LogP contribution in [0.4, 0.5) is 0 Å². The van der Waals surface area contributed by atoms with Gasteiger partial charge in [-0.2, -0.15) is 0 Å². The summed E-state index contributed by atoms with van der Waals surface area (Å²) in [5.74, 6) is -2.02. The zero-order valence-electron chi connectivity index (χ0n) is 17.2. The van der Waals surface area contributed by atoms with E-state index < -0.39 is 29.9 Å². The Morgan fingerprint density at radius 3 is 2.39 bits per heavy atom. The molecule has 0 unspecified atom stereocenters. The molecular formula is C23H23N3O5. The fourth-order valence-electron chi connectivity index (χ4n) is 3.25. The van der Waals surface area contributed by atoms with Gasteiger partial charge in [-0.3, -0.25) is 30.0 Å². The lowest BCUT2D eigenvalue weighted by Crippen LogP contribution is -2.47. The largest absolute Gasteiger partial charge is 0.452 e. The van der Waals surface area contributed by atoms with Crippen LogP contribution in [0, 0.1) is 0 Å². The van der Waals surface area contributed by atoms with E-state index in [1.807, 2.05) is 30.3 Å². The molecule has 1 aliphatic heterocycles. The summed E-state index contributed by atoms with van der Waals surface area (Å²) in [4.78, 5) is 50.2. The normalized spacial score (nSPS) is 15.4. The summed E-state index contributed by atoms with van der Waals surface area (Å²) in [5.41, 5.74) is 6.63. The van der Waals surface area contributed by atoms with Crippen molar-refractivity contribution >= 4 is 29.8 Å². The molecule has 0 saturated carbocycles. The van der Waals surface area contributed by atoms with Crippen molar-refractivity contribution in [1.29, 1.82) is 0 Å². The molecule has 3 rings (SSSR count). The average molecular weight is 421 g/mol. The van der Waals surface area contributed by atoms with Gasteiger partial charge in [0.25, 0.3) is 11.8 Å². The van der Waals surface area contributed by atoms with Gasteiger partial charge in [-0.1, -0.05) is 42.5 Å². The number of ether oxygens (including phenoxy) is 1. The van der Waals surface area contributed by atoms with Crippen LogP contribution < -0.4 is 10.9 Å². The highest BCUT2D eigenvalue weighted by molar-refractivity contribution is 5.95. The van der Waals surface area contributed by atoms with Crippen molar-refractivity contribution in [3.63, 3.8) is 0 Å². The second-order valence-electron chi connectivity index (χ2n) is 7.03. The van der Waals surface area contributed by atoms with Gasteiger partial charge in [0, 0.05) is 18.7 Å². The predicted octanol–water partition coefficient (Wildman–Crippen LogP) is 2.34. The topological polar surface area (TPSA) is 105 Å². The number of esters is 1. The first-order valence-electron chi connectivity index (χ1n) is 9.77. The Morgan fingerprint density at radius 1 is 1.00 bits per heavy atom. The van der Waals surface area contributed by atoms with Crippen LogP contribution in [-0.4, -0.2) is 34.7 Å². The number of nitrogens with one attached hydrogen (secondary N) is 2. The van der Waals surface area contributed by atoms with Crippen molar-refractivity contribution in [2.75, 3.05) is 0 Å². The van der Waals surface area contributed by atoms with E-state index in [1.54, 1.807) is 36.5 Å². The average Bonchev–Trinajstić information content (AvgIpc) is 2.77. The number of hydrazine groups is 1. The number of amides is 3. The third kappa shape index (κ3) is 5.36. The molecule has 0 radical (unpaired) electrons. The van der Waals surface area contributed by atoms with Crippen molar-refractivity contribution in [3.8, 4) is 0 Å². The summed E-state index contributed by atoms with van der Waals surface area (Å²) in [6.45, 7) is 2.82. The van der Waals surface area contributed by atoms with E-state index in [2.05, 4.69) is 10.9 Å². The van der Waals surface area contributed by atoms with Crippen molar-refractivity contribution in [1.82, 2.24) is 15.8 Å². The minimum absolute atomic E-state index is 0.116. The fraction of sp³-hybridized carbons (Fsp3) is 0.217. The lowest BCUT2D eigenvalue weighted by Gasteiger charge is -2.32. The Labute approximate surface area is 179 Å². The second kappa shape index (κ2) is 9.71. The number of hydrogen-bond acceptors (Lipinski definition) is 5. The molecule has 2 aromatic carbocycles. The Morgan fingerprint density at radius 2 is 1.68 bits per heavy atom. The maximum atomic E-state index is 12.5. The molecule has 0 aromatic heterocycles. The lowest BCUT2D eigenvalue weighted by atomic mass is 9.94. The van der Waals surface area contributed by atoms with E-state index >= 15 is 0 Å². The van der Waals surface area contributed by atoms with Crippen LogP contribution >= 0.6 is 0 Å².